The summed E-state index contributed by atoms with van der Waals surface area (Å²) >= 11 is 0. The largest absolute Gasteiger partial charge is 0.508 e. The molecule has 4 aromatic carbocycles. The zero-order valence-corrected chi connectivity index (χ0v) is 26.7. The van der Waals surface area contributed by atoms with Crippen LogP contribution in [-0.4, -0.2) is 27.2 Å². The lowest BCUT2D eigenvalue weighted by atomic mass is 9.98. The standard InChI is InChI=1S/C44H34N4O/c49-32-18-16-31(17-19-32)44-39-26-24-37(47-39)42(29-12-6-2-7-13-29)35-22-20-33(45-35)41(28-10-4-1-5-11-28)34-21-23-36(46-34)43(30-14-8-3-9-15-30)38-25-27-40(44)48-38/h1-27,33,38,45-49H/b41-34-,42-35-,43-36-,44-40-. The third-order valence-corrected chi connectivity index (χ3v) is 9.57. The highest BCUT2D eigenvalue weighted by atomic mass is 16.3. The van der Waals surface area contributed by atoms with Gasteiger partial charge in [0.15, 0.2) is 0 Å². The molecule has 2 aromatic heterocycles. The zero-order valence-electron chi connectivity index (χ0n) is 26.7. The number of aromatic amines is 2. The Kier molecular flexibility index (Phi) is 7.02. The fraction of sp³-hybridized carbons (Fsp3) is 0.0455. The minimum atomic E-state index is -0.0885. The van der Waals surface area contributed by atoms with Crippen molar-refractivity contribution in [3.8, 4) is 5.75 Å². The Hall–Kier alpha value is -6.46. The van der Waals surface area contributed by atoms with Crippen molar-refractivity contribution in [1.82, 2.24) is 20.6 Å². The van der Waals surface area contributed by atoms with Gasteiger partial charge in [-0.05, 0) is 70.8 Å². The van der Waals surface area contributed by atoms with Crippen LogP contribution in [-0.2, 0) is 0 Å². The molecule has 8 bridgehead atoms. The Morgan fingerprint density at radius 3 is 1.31 bits per heavy atom. The van der Waals surface area contributed by atoms with Crippen LogP contribution in [0.2, 0.25) is 0 Å². The summed E-state index contributed by atoms with van der Waals surface area (Å²) < 4.78 is 0. The SMILES string of the molecule is Oc1ccc(/C2=C3\C=CC(N3)/C(c3ccccc3)=c3/cc/c([nH]3)=C(\c3ccccc3)C3C=C/C(=C(\c4ccccc4)c4ccc2[nH]4)N3)cc1. The van der Waals surface area contributed by atoms with Crippen molar-refractivity contribution in [2.24, 2.45) is 0 Å². The molecule has 9 rings (SSSR count). The Bertz CT molecular complexity index is 2430. The molecule has 236 valence electrons. The molecule has 6 aromatic rings. The molecule has 5 heteroatoms. The smallest absolute Gasteiger partial charge is 0.115 e. The molecule has 0 saturated carbocycles. The fourth-order valence-corrected chi connectivity index (χ4v) is 7.34. The average Bonchev–Trinajstić information content (AvgIpc) is 3.98. The summed E-state index contributed by atoms with van der Waals surface area (Å²) in [5, 5.41) is 20.1. The van der Waals surface area contributed by atoms with Crippen LogP contribution in [0, 0.1) is 0 Å². The summed E-state index contributed by atoms with van der Waals surface area (Å²) in [6, 6.07) is 47.8. The van der Waals surface area contributed by atoms with Gasteiger partial charge in [-0.2, -0.15) is 0 Å². The molecule has 2 atom stereocenters. The van der Waals surface area contributed by atoms with Crippen LogP contribution in [0.5, 0.6) is 5.75 Å². The molecular formula is C44H34N4O. The number of aromatic hydroxyl groups is 1. The first kappa shape index (κ1) is 28.7. The maximum Gasteiger partial charge on any atom is 0.115 e. The summed E-state index contributed by atoms with van der Waals surface area (Å²) in [4.78, 5) is 7.68. The van der Waals surface area contributed by atoms with Crippen LogP contribution in [0.1, 0.15) is 33.6 Å². The molecule has 0 amide bonds. The van der Waals surface area contributed by atoms with E-state index in [0.29, 0.717) is 0 Å². The average molecular weight is 635 g/mol. The first-order valence-electron chi connectivity index (χ1n) is 16.7. The van der Waals surface area contributed by atoms with Crippen LogP contribution in [0.15, 0.2) is 175 Å². The van der Waals surface area contributed by atoms with E-state index < -0.39 is 0 Å². The predicted octanol–water partition coefficient (Wildman–Crippen LogP) is 6.74. The van der Waals surface area contributed by atoms with Gasteiger partial charge in [-0.25, -0.2) is 0 Å². The van der Waals surface area contributed by atoms with Crippen molar-refractivity contribution in [3.05, 3.63) is 220 Å². The molecule has 3 aliphatic heterocycles. The Balaban J connectivity index is 1.35. The van der Waals surface area contributed by atoms with Gasteiger partial charge < -0.3 is 25.7 Å². The minimum absolute atomic E-state index is 0.0614. The Labute approximate surface area is 284 Å². The van der Waals surface area contributed by atoms with Crippen LogP contribution >= 0.6 is 0 Å². The predicted molar refractivity (Wildman–Crippen MR) is 197 cm³/mol. The lowest BCUT2D eigenvalue weighted by molar-refractivity contribution is 0.475. The number of hydrogen-bond acceptors (Lipinski definition) is 3. The quantitative estimate of drug-likeness (QED) is 0.149. The molecule has 49 heavy (non-hydrogen) atoms. The van der Waals surface area contributed by atoms with Crippen molar-refractivity contribution >= 4 is 22.3 Å². The molecule has 5 nitrogen and oxygen atoms in total. The molecule has 5 heterocycles. The van der Waals surface area contributed by atoms with Gasteiger partial charge in [-0.1, -0.05) is 115 Å². The van der Waals surface area contributed by atoms with Crippen LogP contribution in [0.25, 0.3) is 22.3 Å². The highest BCUT2D eigenvalue weighted by Crippen LogP contribution is 2.35. The van der Waals surface area contributed by atoms with Gasteiger partial charge in [-0.3, -0.25) is 0 Å². The van der Waals surface area contributed by atoms with Crippen molar-refractivity contribution in [2.45, 2.75) is 12.1 Å². The third kappa shape index (κ3) is 5.22. The summed E-state index contributed by atoms with van der Waals surface area (Å²) in [5.74, 6) is 0.237. The number of benzene rings is 4. The molecule has 3 aliphatic rings. The fourth-order valence-electron chi connectivity index (χ4n) is 7.34. The van der Waals surface area contributed by atoms with Crippen LogP contribution in [0.4, 0.5) is 0 Å². The van der Waals surface area contributed by atoms with Gasteiger partial charge in [0.25, 0.3) is 0 Å². The van der Waals surface area contributed by atoms with E-state index in [2.05, 4.69) is 160 Å². The van der Waals surface area contributed by atoms with E-state index in [1.807, 2.05) is 12.1 Å². The molecule has 0 fully saturated rings. The van der Waals surface area contributed by atoms with E-state index in [1.165, 1.54) is 5.57 Å². The summed E-state index contributed by atoms with van der Waals surface area (Å²) in [6.45, 7) is 0. The number of aromatic nitrogens is 2. The van der Waals surface area contributed by atoms with Gasteiger partial charge in [0, 0.05) is 55.8 Å². The second-order valence-corrected chi connectivity index (χ2v) is 12.6. The molecule has 2 unspecified atom stereocenters. The number of rotatable bonds is 4. The number of hydrogen-bond donors (Lipinski definition) is 5. The van der Waals surface area contributed by atoms with Gasteiger partial charge in [0.2, 0.25) is 0 Å². The van der Waals surface area contributed by atoms with E-state index in [4.69, 9.17) is 0 Å². The second kappa shape index (κ2) is 12.0. The molecular weight excluding hydrogens is 601 g/mol. The lowest BCUT2D eigenvalue weighted by Gasteiger charge is -2.19. The Morgan fingerprint density at radius 1 is 0.408 bits per heavy atom. The minimum Gasteiger partial charge on any atom is -0.508 e. The van der Waals surface area contributed by atoms with Gasteiger partial charge in [0.1, 0.15) is 5.75 Å². The van der Waals surface area contributed by atoms with Gasteiger partial charge in [-0.15, -0.1) is 0 Å². The molecule has 0 spiro atoms. The number of allylic oxidation sites excluding steroid dienone is 2. The maximum atomic E-state index is 10.2. The number of phenolic OH excluding ortho intramolecular Hbond substituents is 1. The monoisotopic (exact) mass is 634 g/mol. The summed E-state index contributed by atoms with van der Waals surface area (Å²) in [5.41, 5.74) is 12.9. The third-order valence-electron chi connectivity index (χ3n) is 9.57. The first-order valence-corrected chi connectivity index (χ1v) is 16.7. The first-order chi connectivity index (χ1) is 24.2. The molecule has 0 radical (unpaired) electrons. The summed E-state index contributed by atoms with van der Waals surface area (Å²) in [6.07, 6.45) is 8.90. The summed E-state index contributed by atoms with van der Waals surface area (Å²) in [7, 11) is 0. The molecule has 0 saturated heterocycles. The lowest BCUT2D eigenvalue weighted by Crippen LogP contribution is -2.31. The second-order valence-electron chi connectivity index (χ2n) is 12.6. The normalized spacial score (nSPS) is 23.3. The van der Waals surface area contributed by atoms with E-state index in [0.717, 1.165) is 72.5 Å². The molecule has 0 aliphatic carbocycles. The highest BCUT2D eigenvalue weighted by molar-refractivity contribution is 5.88. The van der Waals surface area contributed by atoms with E-state index >= 15 is 0 Å². The number of H-pyrrole nitrogens is 2. The zero-order chi connectivity index (χ0) is 32.7. The van der Waals surface area contributed by atoms with Crippen molar-refractivity contribution in [3.63, 3.8) is 0 Å². The molecule has 5 N–H and O–H groups in total. The number of fused-ring (bicyclic) bond motifs is 8. The van der Waals surface area contributed by atoms with E-state index in [-0.39, 0.29) is 17.8 Å². The van der Waals surface area contributed by atoms with Crippen LogP contribution in [0.3, 0.4) is 0 Å². The van der Waals surface area contributed by atoms with Gasteiger partial charge >= 0.3 is 0 Å². The van der Waals surface area contributed by atoms with E-state index in [1.54, 1.807) is 12.1 Å². The van der Waals surface area contributed by atoms with E-state index in [9.17, 15) is 5.11 Å². The van der Waals surface area contributed by atoms with Crippen LogP contribution < -0.4 is 21.3 Å². The van der Waals surface area contributed by atoms with Gasteiger partial charge in [0.05, 0.1) is 12.1 Å². The Morgan fingerprint density at radius 2 is 0.837 bits per heavy atom. The number of phenols is 1. The highest BCUT2D eigenvalue weighted by Gasteiger charge is 2.27. The number of nitrogens with one attached hydrogen (secondary N) is 4. The topological polar surface area (TPSA) is 75.9 Å². The van der Waals surface area contributed by atoms with Crippen molar-refractivity contribution in [2.75, 3.05) is 0 Å². The van der Waals surface area contributed by atoms with Crippen molar-refractivity contribution in [1.29, 1.82) is 0 Å². The van der Waals surface area contributed by atoms with Crippen molar-refractivity contribution < 1.29 is 5.11 Å². The maximum absolute atomic E-state index is 10.2.